The lowest BCUT2D eigenvalue weighted by molar-refractivity contribution is -0.148. The third-order valence-corrected chi connectivity index (χ3v) is 3.94. The van der Waals surface area contributed by atoms with Gasteiger partial charge in [-0.05, 0) is 24.6 Å². The summed E-state index contributed by atoms with van der Waals surface area (Å²) in [4.78, 5) is 25.9. The largest absolute Gasteiger partial charge is 0.493 e. The Morgan fingerprint density at radius 2 is 2.04 bits per heavy atom. The summed E-state index contributed by atoms with van der Waals surface area (Å²) in [5.41, 5.74) is 0.983. The van der Waals surface area contributed by atoms with Gasteiger partial charge in [-0.3, -0.25) is 14.5 Å². The number of benzene rings is 1. The molecule has 0 bridgehead atoms. The Hall–Kier alpha value is -2.28. The van der Waals surface area contributed by atoms with E-state index in [1.54, 1.807) is 21.1 Å². The molecule has 132 valence electrons. The fourth-order valence-corrected chi connectivity index (χ4v) is 2.76. The monoisotopic (exact) mass is 336 g/mol. The standard InChI is InChI=1S/C17H24N2O5/c1-4-24-16(20)10-13-17(21)18-7-8-19(13)11-12-5-6-14(22-2)15(9-12)23-3/h5-6,9,13H,4,7-8,10-11H2,1-3H3,(H,18,21)/t13-/m0/s1. The van der Waals surface area contributed by atoms with E-state index in [-0.39, 0.29) is 18.3 Å². The van der Waals surface area contributed by atoms with E-state index in [1.165, 1.54) is 0 Å². The summed E-state index contributed by atoms with van der Waals surface area (Å²) in [7, 11) is 3.17. The van der Waals surface area contributed by atoms with Crippen molar-refractivity contribution in [3.8, 4) is 11.5 Å². The number of rotatable bonds is 7. The van der Waals surface area contributed by atoms with Crippen LogP contribution in [0.3, 0.4) is 0 Å². The van der Waals surface area contributed by atoms with E-state index in [1.807, 2.05) is 23.1 Å². The third kappa shape index (κ3) is 4.38. The maximum Gasteiger partial charge on any atom is 0.307 e. The second-order valence-electron chi connectivity index (χ2n) is 5.48. The second-order valence-corrected chi connectivity index (χ2v) is 5.48. The minimum Gasteiger partial charge on any atom is -0.493 e. The molecule has 0 radical (unpaired) electrons. The van der Waals surface area contributed by atoms with Gasteiger partial charge in [0.05, 0.1) is 27.2 Å². The predicted octanol–water partition coefficient (Wildman–Crippen LogP) is 0.957. The first-order valence-corrected chi connectivity index (χ1v) is 7.97. The van der Waals surface area contributed by atoms with Crippen LogP contribution in [0, 0.1) is 0 Å². The number of ether oxygens (including phenoxy) is 3. The smallest absolute Gasteiger partial charge is 0.307 e. The Balaban J connectivity index is 2.12. The van der Waals surface area contributed by atoms with Gasteiger partial charge in [0.1, 0.15) is 6.04 Å². The summed E-state index contributed by atoms with van der Waals surface area (Å²) >= 11 is 0. The van der Waals surface area contributed by atoms with E-state index in [0.717, 1.165) is 5.56 Å². The summed E-state index contributed by atoms with van der Waals surface area (Å²) in [6, 6.07) is 5.12. The van der Waals surface area contributed by atoms with E-state index in [9.17, 15) is 9.59 Å². The summed E-state index contributed by atoms with van der Waals surface area (Å²) < 4.78 is 15.5. The molecule has 1 saturated heterocycles. The molecule has 1 aliphatic heterocycles. The molecule has 1 aliphatic rings. The molecule has 7 heteroatoms. The van der Waals surface area contributed by atoms with Crippen molar-refractivity contribution in [1.82, 2.24) is 10.2 Å². The number of hydrogen-bond donors (Lipinski definition) is 1. The van der Waals surface area contributed by atoms with Gasteiger partial charge < -0.3 is 19.5 Å². The summed E-state index contributed by atoms with van der Waals surface area (Å²) in [5.74, 6) is 0.783. The van der Waals surface area contributed by atoms with Crippen molar-refractivity contribution in [2.75, 3.05) is 33.9 Å². The lowest BCUT2D eigenvalue weighted by atomic mass is 10.1. The maximum atomic E-state index is 12.2. The van der Waals surface area contributed by atoms with Gasteiger partial charge in [0.2, 0.25) is 5.91 Å². The van der Waals surface area contributed by atoms with Crippen LogP contribution in [0.4, 0.5) is 0 Å². The molecule has 1 heterocycles. The Morgan fingerprint density at radius 3 is 2.71 bits per heavy atom. The minimum atomic E-state index is -0.522. The number of amides is 1. The van der Waals surface area contributed by atoms with Crippen molar-refractivity contribution >= 4 is 11.9 Å². The highest BCUT2D eigenvalue weighted by Gasteiger charge is 2.32. The normalized spacial score (nSPS) is 18.0. The van der Waals surface area contributed by atoms with Gasteiger partial charge in [0.15, 0.2) is 11.5 Å². The van der Waals surface area contributed by atoms with Gasteiger partial charge in [-0.2, -0.15) is 0 Å². The number of piperazine rings is 1. The lowest BCUT2D eigenvalue weighted by Crippen LogP contribution is -2.55. The van der Waals surface area contributed by atoms with Gasteiger partial charge in [0.25, 0.3) is 0 Å². The van der Waals surface area contributed by atoms with Crippen LogP contribution in [0.5, 0.6) is 11.5 Å². The van der Waals surface area contributed by atoms with Crippen LogP contribution in [-0.4, -0.2) is 56.7 Å². The Morgan fingerprint density at radius 1 is 1.29 bits per heavy atom. The van der Waals surface area contributed by atoms with Crippen molar-refractivity contribution in [2.24, 2.45) is 0 Å². The fraction of sp³-hybridized carbons (Fsp3) is 0.529. The average Bonchev–Trinajstić information content (AvgIpc) is 2.58. The zero-order valence-electron chi connectivity index (χ0n) is 14.3. The first-order chi connectivity index (χ1) is 11.6. The quantitative estimate of drug-likeness (QED) is 0.747. The van der Waals surface area contributed by atoms with Gasteiger partial charge in [-0.15, -0.1) is 0 Å². The SMILES string of the molecule is CCOC(=O)C[C@H]1C(=O)NCCN1Cc1ccc(OC)c(OC)c1. The van der Waals surface area contributed by atoms with E-state index in [4.69, 9.17) is 14.2 Å². The highest BCUT2D eigenvalue weighted by atomic mass is 16.5. The van der Waals surface area contributed by atoms with Gasteiger partial charge in [-0.25, -0.2) is 0 Å². The van der Waals surface area contributed by atoms with Crippen LogP contribution < -0.4 is 14.8 Å². The van der Waals surface area contributed by atoms with E-state index in [0.29, 0.717) is 37.7 Å². The number of hydrogen-bond acceptors (Lipinski definition) is 6. The number of carbonyl (C=O) groups excluding carboxylic acids is 2. The predicted molar refractivity (Wildman–Crippen MR) is 88.0 cm³/mol. The molecule has 1 fully saturated rings. The van der Waals surface area contributed by atoms with Crippen molar-refractivity contribution in [3.05, 3.63) is 23.8 Å². The van der Waals surface area contributed by atoms with Crippen LogP contribution in [-0.2, 0) is 20.9 Å². The number of esters is 1. The molecule has 1 amide bonds. The van der Waals surface area contributed by atoms with Crippen LogP contribution in [0.1, 0.15) is 18.9 Å². The minimum absolute atomic E-state index is 0.0486. The zero-order chi connectivity index (χ0) is 17.5. The molecule has 0 aromatic heterocycles. The van der Waals surface area contributed by atoms with Crippen molar-refractivity contribution in [1.29, 1.82) is 0 Å². The van der Waals surface area contributed by atoms with E-state index in [2.05, 4.69) is 5.32 Å². The van der Waals surface area contributed by atoms with Gasteiger partial charge >= 0.3 is 5.97 Å². The molecule has 0 aliphatic carbocycles. The van der Waals surface area contributed by atoms with E-state index < -0.39 is 6.04 Å². The number of methoxy groups -OCH3 is 2. The van der Waals surface area contributed by atoms with Crippen molar-refractivity contribution in [2.45, 2.75) is 25.9 Å². The van der Waals surface area contributed by atoms with Crippen molar-refractivity contribution < 1.29 is 23.8 Å². The van der Waals surface area contributed by atoms with E-state index >= 15 is 0 Å². The summed E-state index contributed by atoms with van der Waals surface area (Å²) in [5, 5.41) is 2.80. The number of nitrogens with one attached hydrogen (secondary N) is 1. The molecule has 0 spiro atoms. The molecule has 7 nitrogen and oxygen atoms in total. The van der Waals surface area contributed by atoms with Gasteiger partial charge in [0, 0.05) is 19.6 Å². The number of nitrogens with zero attached hydrogens (tertiary/aromatic N) is 1. The molecule has 1 atom stereocenters. The zero-order valence-corrected chi connectivity index (χ0v) is 14.3. The molecular formula is C17H24N2O5. The van der Waals surface area contributed by atoms with Crippen LogP contribution >= 0.6 is 0 Å². The first kappa shape index (κ1) is 18.1. The molecule has 0 unspecified atom stereocenters. The molecule has 2 rings (SSSR count). The second kappa shape index (κ2) is 8.54. The van der Waals surface area contributed by atoms with Gasteiger partial charge in [-0.1, -0.05) is 6.07 Å². The summed E-state index contributed by atoms with van der Waals surface area (Å²) in [6.07, 6.45) is 0.0486. The van der Waals surface area contributed by atoms with Crippen LogP contribution in [0.15, 0.2) is 18.2 Å². The Bertz CT molecular complexity index is 590. The topological polar surface area (TPSA) is 77.1 Å². The highest BCUT2D eigenvalue weighted by molar-refractivity contribution is 5.87. The molecular weight excluding hydrogens is 312 g/mol. The highest BCUT2D eigenvalue weighted by Crippen LogP contribution is 2.28. The van der Waals surface area contributed by atoms with Crippen LogP contribution in [0.25, 0.3) is 0 Å². The molecule has 0 saturated carbocycles. The molecule has 1 aromatic rings. The summed E-state index contributed by atoms with van der Waals surface area (Å²) in [6.45, 7) is 3.83. The number of carbonyl (C=O) groups is 2. The molecule has 24 heavy (non-hydrogen) atoms. The molecule has 1 N–H and O–H groups in total. The lowest BCUT2D eigenvalue weighted by Gasteiger charge is -2.34. The maximum absolute atomic E-state index is 12.2. The fourth-order valence-electron chi connectivity index (χ4n) is 2.76. The van der Waals surface area contributed by atoms with Crippen LogP contribution in [0.2, 0.25) is 0 Å². The third-order valence-electron chi connectivity index (χ3n) is 3.94. The first-order valence-electron chi connectivity index (χ1n) is 7.97. The average molecular weight is 336 g/mol. The van der Waals surface area contributed by atoms with Crippen molar-refractivity contribution in [3.63, 3.8) is 0 Å². The Labute approximate surface area is 141 Å². The molecule has 1 aromatic carbocycles. The Kier molecular flexibility index (Phi) is 6.43.